The van der Waals surface area contributed by atoms with Gasteiger partial charge in [-0.15, -0.1) is 0 Å². The molecule has 3 rings (SSSR count). The number of alkyl halides is 3. The SMILES string of the molecule is CCNC(=O)[C@@H](Cc1ccccc1)N(Cc1ccccc1F)C(=O)CN(c1ccc(Cl)c(C(F)(F)F)c1)S(C)(=O)=O. The van der Waals surface area contributed by atoms with Gasteiger partial charge in [0.25, 0.3) is 0 Å². The second kappa shape index (κ2) is 13.3. The highest BCUT2D eigenvalue weighted by Crippen LogP contribution is 2.37. The minimum atomic E-state index is -4.89. The van der Waals surface area contributed by atoms with Crippen molar-refractivity contribution < 1.29 is 35.6 Å². The number of carbonyl (C=O) groups excluding carboxylic acids is 2. The number of sulfonamides is 1. The molecule has 0 heterocycles. The van der Waals surface area contributed by atoms with E-state index in [2.05, 4.69) is 5.32 Å². The topological polar surface area (TPSA) is 86.8 Å². The summed E-state index contributed by atoms with van der Waals surface area (Å²) in [5, 5.41) is 2.00. The first-order chi connectivity index (χ1) is 19.2. The van der Waals surface area contributed by atoms with Gasteiger partial charge >= 0.3 is 6.18 Å². The van der Waals surface area contributed by atoms with Gasteiger partial charge in [-0.05, 0) is 36.8 Å². The van der Waals surface area contributed by atoms with Crippen LogP contribution in [0.2, 0.25) is 5.02 Å². The van der Waals surface area contributed by atoms with Crippen LogP contribution in [0, 0.1) is 5.82 Å². The maximum Gasteiger partial charge on any atom is 0.417 e. The molecule has 0 saturated heterocycles. The Kier molecular flexibility index (Phi) is 10.4. The molecule has 0 saturated carbocycles. The zero-order valence-electron chi connectivity index (χ0n) is 22.2. The Morgan fingerprint density at radius 3 is 2.22 bits per heavy atom. The maximum atomic E-state index is 14.7. The first-order valence-corrected chi connectivity index (χ1v) is 14.6. The number of carbonyl (C=O) groups is 2. The summed E-state index contributed by atoms with van der Waals surface area (Å²) in [7, 11) is -4.32. The van der Waals surface area contributed by atoms with E-state index in [-0.39, 0.29) is 18.5 Å². The minimum absolute atomic E-state index is 0.00487. The molecule has 2 amide bonds. The van der Waals surface area contributed by atoms with Gasteiger partial charge in [-0.2, -0.15) is 13.2 Å². The van der Waals surface area contributed by atoms with Gasteiger partial charge in [-0.1, -0.05) is 60.1 Å². The van der Waals surface area contributed by atoms with Gasteiger partial charge in [-0.3, -0.25) is 13.9 Å². The molecule has 0 aromatic heterocycles. The summed E-state index contributed by atoms with van der Waals surface area (Å²) < 4.78 is 81.3. The molecule has 7 nitrogen and oxygen atoms in total. The number of likely N-dealkylation sites (N-methyl/N-ethyl adjacent to an activating group) is 1. The van der Waals surface area contributed by atoms with Crippen molar-refractivity contribution in [2.45, 2.75) is 32.1 Å². The fraction of sp³-hybridized carbons (Fsp3) is 0.286. The molecule has 3 aromatic carbocycles. The highest BCUT2D eigenvalue weighted by atomic mass is 35.5. The van der Waals surface area contributed by atoms with E-state index < -0.39 is 69.2 Å². The fourth-order valence-electron chi connectivity index (χ4n) is 4.16. The Balaban J connectivity index is 2.09. The standard InChI is InChI=1S/C28H28ClF4N3O4S/c1-3-34-27(38)25(15-19-9-5-4-6-10-19)35(17-20-11-7-8-12-24(20)30)26(37)18-36(41(2,39)40)21-13-14-23(29)22(16-21)28(31,32)33/h4-14,16,25H,3,15,17-18H2,1-2H3,(H,34,38)/t25-/m1/s1. The third kappa shape index (κ3) is 8.43. The summed E-state index contributed by atoms with van der Waals surface area (Å²) in [6, 6.07) is 15.5. The van der Waals surface area contributed by atoms with Crippen LogP contribution < -0.4 is 9.62 Å². The number of nitrogens with zero attached hydrogens (tertiary/aromatic N) is 2. The molecule has 0 bridgehead atoms. The van der Waals surface area contributed by atoms with E-state index in [0.29, 0.717) is 15.9 Å². The van der Waals surface area contributed by atoms with Crippen LogP contribution in [0.15, 0.2) is 72.8 Å². The zero-order valence-corrected chi connectivity index (χ0v) is 23.7. The quantitative estimate of drug-likeness (QED) is 0.307. The van der Waals surface area contributed by atoms with E-state index in [9.17, 15) is 35.6 Å². The van der Waals surface area contributed by atoms with E-state index in [0.717, 1.165) is 23.3 Å². The molecule has 0 aliphatic heterocycles. The summed E-state index contributed by atoms with van der Waals surface area (Å²) >= 11 is 5.70. The van der Waals surface area contributed by atoms with Crippen molar-refractivity contribution in [3.8, 4) is 0 Å². The lowest BCUT2D eigenvalue weighted by atomic mass is 10.0. The molecule has 0 unspecified atom stereocenters. The van der Waals surface area contributed by atoms with Crippen LogP contribution in [-0.2, 0) is 38.8 Å². The van der Waals surface area contributed by atoms with E-state index in [1.165, 1.54) is 24.3 Å². The molecular weight excluding hydrogens is 586 g/mol. The number of nitrogens with one attached hydrogen (secondary N) is 1. The lowest BCUT2D eigenvalue weighted by molar-refractivity contribution is -0.140. The zero-order chi connectivity index (χ0) is 30.4. The lowest BCUT2D eigenvalue weighted by Gasteiger charge is -2.33. The maximum absolute atomic E-state index is 14.7. The molecule has 1 atom stereocenters. The number of amides is 2. The second-order valence-corrected chi connectivity index (χ2v) is 11.5. The number of anilines is 1. The predicted octanol–water partition coefficient (Wildman–Crippen LogP) is 5.04. The normalized spacial score (nSPS) is 12.5. The Morgan fingerprint density at radius 2 is 1.63 bits per heavy atom. The van der Waals surface area contributed by atoms with Crippen LogP contribution >= 0.6 is 11.6 Å². The minimum Gasteiger partial charge on any atom is -0.355 e. The number of hydrogen-bond donors (Lipinski definition) is 1. The smallest absolute Gasteiger partial charge is 0.355 e. The molecule has 0 spiro atoms. The van der Waals surface area contributed by atoms with E-state index in [1.807, 2.05) is 0 Å². The van der Waals surface area contributed by atoms with Gasteiger partial charge in [0.2, 0.25) is 21.8 Å². The van der Waals surface area contributed by atoms with E-state index in [4.69, 9.17) is 11.6 Å². The van der Waals surface area contributed by atoms with Gasteiger partial charge in [0, 0.05) is 25.1 Å². The first-order valence-electron chi connectivity index (χ1n) is 12.4. The Hall–Kier alpha value is -3.64. The Labute approximate surface area is 240 Å². The molecule has 0 aliphatic rings. The van der Waals surface area contributed by atoms with Crippen LogP contribution in [0.3, 0.4) is 0 Å². The summed E-state index contributed by atoms with van der Waals surface area (Å²) in [6.07, 6.45) is -4.16. The molecule has 220 valence electrons. The van der Waals surface area contributed by atoms with Crippen molar-refractivity contribution in [3.05, 3.63) is 100 Å². The predicted molar refractivity (Wildman–Crippen MR) is 148 cm³/mol. The van der Waals surface area contributed by atoms with Crippen LogP contribution in [0.25, 0.3) is 0 Å². The largest absolute Gasteiger partial charge is 0.417 e. The lowest BCUT2D eigenvalue weighted by Crippen LogP contribution is -2.53. The van der Waals surface area contributed by atoms with Crippen molar-refractivity contribution >= 4 is 39.1 Å². The number of rotatable bonds is 11. The number of halogens is 5. The van der Waals surface area contributed by atoms with Crippen molar-refractivity contribution in [1.29, 1.82) is 0 Å². The fourth-order valence-corrected chi connectivity index (χ4v) is 5.22. The van der Waals surface area contributed by atoms with Crippen LogP contribution in [0.4, 0.5) is 23.2 Å². The van der Waals surface area contributed by atoms with E-state index >= 15 is 0 Å². The summed E-state index contributed by atoms with van der Waals surface area (Å²) in [6.45, 7) is 0.514. The van der Waals surface area contributed by atoms with Gasteiger partial charge < -0.3 is 10.2 Å². The average molecular weight is 614 g/mol. The van der Waals surface area contributed by atoms with Crippen molar-refractivity contribution in [2.24, 2.45) is 0 Å². The highest BCUT2D eigenvalue weighted by molar-refractivity contribution is 7.92. The van der Waals surface area contributed by atoms with Gasteiger partial charge in [0.05, 0.1) is 22.5 Å². The monoisotopic (exact) mass is 613 g/mol. The number of benzene rings is 3. The van der Waals surface area contributed by atoms with Crippen molar-refractivity contribution in [1.82, 2.24) is 10.2 Å². The third-order valence-corrected chi connectivity index (χ3v) is 7.61. The third-order valence-electron chi connectivity index (χ3n) is 6.14. The van der Waals surface area contributed by atoms with Gasteiger partial charge in [-0.25, -0.2) is 12.8 Å². The summed E-state index contributed by atoms with van der Waals surface area (Å²) in [5.41, 5.74) is -1.02. The molecular formula is C28H28ClF4N3O4S. The van der Waals surface area contributed by atoms with E-state index in [1.54, 1.807) is 37.3 Å². The molecule has 0 aliphatic carbocycles. The van der Waals surface area contributed by atoms with Gasteiger partial charge in [0.1, 0.15) is 18.4 Å². The van der Waals surface area contributed by atoms with Gasteiger partial charge in [0.15, 0.2) is 0 Å². The molecule has 0 radical (unpaired) electrons. The second-order valence-electron chi connectivity index (χ2n) is 9.14. The summed E-state index contributed by atoms with van der Waals surface area (Å²) in [5.74, 6) is -2.17. The van der Waals surface area contributed by atoms with Crippen molar-refractivity contribution in [2.75, 3.05) is 23.7 Å². The molecule has 0 fully saturated rings. The average Bonchev–Trinajstić information content (AvgIpc) is 2.90. The molecule has 3 aromatic rings. The van der Waals surface area contributed by atoms with Crippen LogP contribution in [0.1, 0.15) is 23.6 Å². The molecule has 1 N–H and O–H groups in total. The number of hydrogen-bond acceptors (Lipinski definition) is 4. The Morgan fingerprint density at radius 1 is 1.00 bits per heavy atom. The summed E-state index contributed by atoms with van der Waals surface area (Å²) in [4.78, 5) is 28.1. The Bertz CT molecular complexity index is 1490. The van der Waals surface area contributed by atoms with Crippen LogP contribution in [0.5, 0.6) is 0 Å². The molecule has 13 heteroatoms. The molecule has 41 heavy (non-hydrogen) atoms. The van der Waals surface area contributed by atoms with Crippen molar-refractivity contribution in [3.63, 3.8) is 0 Å². The highest BCUT2D eigenvalue weighted by Gasteiger charge is 2.36. The first kappa shape index (κ1) is 31.9. The van der Waals surface area contributed by atoms with Crippen LogP contribution in [-0.4, -0.2) is 50.5 Å².